The zero-order valence-electron chi connectivity index (χ0n) is 6.67. The van der Waals surface area contributed by atoms with Crippen molar-refractivity contribution in [2.24, 2.45) is 0 Å². The molecule has 2 nitrogen and oxygen atoms in total. The van der Waals surface area contributed by atoms with E-state index in [1.807, 2.05) is 18.2 Å². The third kappa shape index (κ3) is 1.99. The van der Waals surface area contributed by atoms with Gasteiger partial charge in [0, 0.05) is 5.56 Å². The highest BCUT2D eigenvalue weighted by Gasteiger charge is 2.01. The lowest BCUT2D eigenvalue weighted by molar-refractivity contribution is 0.412. The largest absolute Gasteiger partial charge is 0.496 e. The van der Waals surface area contributed by atoms with Gasteiger partial charge in [-0.1, -0.05) is 0 Å². The lowest BCUT2D eigenvalue weighted by Crippen LogP contribution is -1.86. The second-order valence-electron chi connectivity index (χ2n) is 2.29. The molecule has 1 rings (SSSR count). The number of benzene rings is 1. The molecule has 0 bridgehead atoms. The fourth-order valence-corrected chi connectivity index (χ4v) is 1.49. The minimum Gasteiger partial charge on any atom is -0.496 e. The first-order chi connectivity index (χ1) is 5.77. The summed E-state index contributed by atoms with van der Waals surface area (Å²) in [6.45, 7) is 7.11. The maximum atomic E-state index is 6.69. The Hall–Kier alpha value is -1.01. The molecule has 0 fully saturated rings. The van der Waals surface area contributed by atoms with Gasteiger partial charge in [0.2, 0.25) is 6.54 Å². The van der Waals surface area contributed by atoms with Crippen LogP contribution in [0.25, 0.3) is 4.85 Å². The van der Waals surface area contributed by atoms with Gasteiger partial charge in [-0.15, -0.1) is 0 Å². The highest BCUT2D eigenvalue weighted by Crippen LogP contribution is 2.25. The Morgan fingerprint density at radius 3 is 2.83 bits per heavy atom. The van der Waals surface area contributed by atoms with E-state index < -0.39 is 0 Å². The molecule has 0 aliphatic rings. The molecule has 12 heavy (non-hydrogen) atoms. The van der Waals surface area contributed by atoms with E-state index in [4.69, 9.17) is 11.3 Å². The maximum absolute atomic E-state index is 6.69. The lowest BCUT2D eigenvalue weighted by Gasteiger charge is -2.02. The molecule has 0 amide bonds. The standard InChI is InChI=1S/C9H8BrNO/c1-11-6-7-3-4-9(12-2)8(10)5-7/h3-5H,6H2,2H3. The lowest BCUT2D eigenvalue weighted by atomic mass is 10.2. The van der Waals surface area contributed by atoms with Gasteiger partial charge in [-0.2, -0.15) is 0 Å². The molecule has 62 valence electrons. The molecule has 0 aliphatic carbocycles. The molecule has 0 spiro atoms. The summed E-state index contributed by atoms with van der Waals surface area (Å²) in [5, 5.41) is 0. The quantitative estimate of drug-likeness (QED) is 0.707. The van der Waals surface area contributed by atoms with Crippen molar-refractivity contribution in [1.29, 1.82) is 0 Å². The molecule has 0 radical (unpaired) electrons. The molecule has 0 aromatic heterocycles. The van der Waals surface area contributed by atoms with Crippen LogP contribution in [0.5, 0.6) is 5.75 Å². The first-order valence-electron chi connectivity index (χ1n) is 3.43. The van der Waals surface area contributed by atoms with Crippen molar-refractivity contribution in [2.45, 2.75) is 6.54 Å². The zero-order valence-corrected chi connectivity index (χ0v) is 8.26. The Labute approximate surface area is 80.1 Å². The van der Waals surface area contributed by atoms with Crippen LogP contribution in [0.3, 0.4) is 0 Å². The van der Waals surface area contributed by atoms with Crippen molar-refractivity contribution in [3.63, 3.8) is 0 Å². The fraction of sp³-hybridized carbons (Fsp3) is 0.222. The molecule has 3 heteroatoms. The first kappa shape index (κ1) is 9.08. The predicted octanol–water partition coefficient (Wildman–Crippen LogP) is 2.88. The van der Waals surface area contributed by atoms with Crippen LogP contribution in [0.1, 0.15) is 5.56 Å². The van der Waals surface area contributed by atoms with Crippen LogP contribution in [0.15, 0.2) is 22.7 Å². The van der Waals surface area contributed by atoms with Crippen LogP contribution in [-0.4, -0.2) is 7.11 Å². The van der Waals surface area contributed by atoms with Gasteiger partial charge in [0.1, 0.15) is 5.75 Å². The highest BCUT2D eigenvalue weighted by atomic mass is 79.9. The van der Waals surface area contributed by atoms with Crippen LogP contribution in [0, 0.1) is 6.57 Å². The zero-order chi connectivity index (χ0) is 8.97. The Bertz CT molecular complexity index is 317. The number of rotatable bonds is 2. The highest BCUT2D eigenvalue weighted by molar-refractivity contribution is 9.10. The summed E-state index contributed by atoms with van der Waals surface area (Å²) in [5.41, 5.74) is 0.998. The van der Waals surface area contributed by atoms with Gasteiger partial charge in [0.05, 0.1) is 11.6 Å². The third-order valence-electron chi connectivity index (χ3n) is 1.48. The minimum absolute atomic E-state index is 0.419. The van der Waals surface area contributed by atoms with Crippen LogP contribution >= 0.6 is 15.9 Å². The average molecular weight is 226 g/mol. The minimum atomic E-state index is 0.419. The SMILES string of the molecule is [C-]#[N+]Cc1ccc(OC)c(Br)c1. The number of hydrogen-bond acceptors (Lipinski definition) is 1. The van der Waals surface area contributed by atoms with E-state index in [-0.39, 0.29) is 0 Å². The van der Waals surface area contributed by atoms with E-state index in [0.29, 0.717) is 6.54 Å². The monoisotopic (exact) mass is 225 g/mol. The van der Waals surface area contributed by atoms with Gasteiger partial charge in [0.15, 0.2) is 0 Å². The Morgan fingerprint density at radius 2 is 2.33 bits per heavy atom. The maximum Gasteiger partial charge on any atom is 0.239 e. The summed E-state index contributed by atoms with van der Waals surface area (Å²) >= 11 is 3.35. The number of methoxy groups -OCH3 is 1. The number of halogens is 1. The van der Waals surface area contributed by atoms with E-state index in [1.165, 1.54) is 0 Å². The van der Waals surface area contributed by atoms with Crippen LogP contribution < -0.4 is 4.74 Å². The van der Waals surface area contributed by atoms with E-state index >= 15 is 0 Å². The molecule has 0 heterocycles. The van der Waals surface area contributed by atoms with Crippen molar-refractivity contribution in [3.8, 4) is 5.75 Å². The topological polar surface area (TPSA) is 13.6 Å². The van der Waals surface area contributed by atoms with Crippen molar-refractivity contribution in [1.82, 2.24) is 0 Å². The second-order valence-corrected chi connectivity index (χ2v) is 3.14. The van der Waals surface area contributed by atoms with E-state index in [0.717, 1.165) is 15.8 Å². The van der Waals surface area contributed by atoms with Crippen molar-refractivity contribution >= 4 is 15.9 Å². The summed E-state index contributed by atoms with van der Waals surface area (Å²) in [6.07, 6.45) is 0. The fourth-order valence-electron chi connectivity index (χ4n) is 0.900. The number of ether oxygens (including phenoxy) is 1. The Balaban J connectivity index is 2.95. The van der Waals surface area contributed by atoms with Crippen LogP contribution in [-0.2, 0) is 6.54 Å². The normalized spacial score (nSPS) is 9.08. The molecule has 0 saturated heterocycles. The predicted molar refractivity (Wildman–Crippen MR) is 51.0 cm³/mol. The average Bonchev–Trinajstić information content (AvgIpc) is 2.05. The van der Waals surface area contributed by atoms with Crippen molar-refractivity contribution in [3.05, 3.63) is 39.7 Å². The summed E-state index contributed by atoms with van der Waals surface area (Å²) in [5.74, 6) is 0.795. The van der Waals surface area contributed by atoms with Gasteiger partial charge in [-0.25, -0.2) is 6.57 Å². The molecular weight excluding hydrogens is 218 g/mol. The molecule has 0 saturated carbocycles. The van der Waals surface area contributed by atoms with Crippen LogP contribution in [0.4, 0.5) is 0 Å². The van der Waals surface area contributed by atoms with Crippen molar-refractivity contribution < 1.29 is 4.74 Å². The van der Waals surface area contributed by atoms with E-state index in [1.54, 1.807) is 7.11 Å². The van der Waals surface area contributed by atoms with Crippen molar-refractivity contribution in [2.75, 3.05) is 7.11 Å². The number of nitrogens with zero attached hydrogens (tertiary/aromatic N) is 1. The van der Waals surface area contributed by atoms with Gasteiger partial charge in [-0.05, 0) is 34.1 Å². The van der Waals surface area contributed by atoms with Gasteiger partial charge in [-0.3, -0.25) is 0 Å². The number of hydrogen-bond donors (Lipinski definition) is 0. The Morgan fingerprint density at radius 1 is 1.58 bits per heavy atom. The molecule has 1 aromatic carbocycles. The molecule has 0 aliphatic heterocycles. The van der Waals surface area contributed by atoms with Crippen LogP contribution in [0.2, 0.25) is 0 Å². The summed E-state index contributed by atoms with van der Waals surface area (Å²) in [7, 11) is 1.62. The van der Waals surface area contributed by atoms with E-state index in [9.17, 15) is 0 Å². The summed E-state index contributed by atoms with van der Waals surface area (Å²) in [6, 6.07) is 5.64. The van der Waals surface area contributed by atoms with Gasteiger partial charge < -0.3 is 9.58 Å². The first-order valence-corrected chi connectivity index (χ1v) is 4.23. The smallest absolute Gasteiger partial charge is 0.239 e. The molecule has 1 aromatic rings. The molecular formula is C9H8BrNO. The summed E-state index contributed by atoms with van der Waals surface area (Å²) in [4.78, 5) is 3.29. The van der Waals surface area contributed by atoms with Gasteiger partial charge in [0.25, 0.3) is 0 Å². The molecule has 0 N–H and O–H groups in total. The Kier molecular flexibility index (Phi) is 3.12. The van der Waals surface area contributed by atoms with Gasteiger partial charge >= 0.3 is 0 Å². The molecule has 0 atom stereocenters. The molecule has 0 unspecified atom stereocenters. The third-order valence-corrected chi connectivity index (χ3v) is 2.10. The van der Waals surface area contributed by atoms with E-state index in [2.05, 4.69) is 20.8 Å². The second kappa shape index (κ2) is 4.13. The summed E-state index contributed by atoms with van der Waals surface area (Å²) < 4.78 is 5.95.